The Morgan fingerprint density at radius 3 is 2.37 bits per heavy atom. The molecule has 0 spiro atoms. The molecule has 0 aromatic heterocycles. The van der Waals surface area contributed by atoms with Gasteiger partial charge in [-0.3, -0.25) is 9.69 Å². The van der Waals surface area contributed by atoms with Crippen LogP contribution in [0.3, 0.4) is 0 Å². The Morgan fingerprint density at radius 2 is 1.70 bits per heavy atom. The van der Waals surface area contributed by atoms with Crippen LogP contribution in [-0.4, -0.2) is 33.7 Å². The average Bonchev–Trinajstić information content (AvgIpc) is 3.27. The van der Waals surface area contributed by atoms with Crippen molar-refractivity contribution in [1.29, 1.82) is 0 Å². The Morgan fingerprint density at radius 1 is 1.00 bits per heavy atom. The summed E-state index contributed by atoms with van der Waals surface area (Å²) in [7, 11) is 0. The van der Waals surface area contributed by atoms with Gasteiger partial charge in [0.25, 0.3) is 5.91 Å². The van der Waals surface area contributed by atoms with Crippen molar-refractivity contribution in [2.75, 3.05) is 6.61 Å². The first-order chi connectivity index (χ1) is 20.8. The van der Waals surface area contributed by atoms with Crippen LogP contribution in [0.5, 0.6) is 11.5 Å². The van der Waals surface area contributed by atoms with Crippen LogP contribution in [0.25, 0.3) is 6.08 Å². The molecule has 1 fully saturated rings. The van der Waals surface area contributed by atoms with E-state index in [0.717, 1.165) is 15.6 Å². The lowest BCUT2D eigenvalue weighted by Crippen LogP contribution is -2.28. The maximum Gasteiger partial charge on any atom is 0.335 e. The van der Waals surface area contributed by atoms with E-state index in [-0.39, 0.29) is 18.0 Å². The number of amides is 1. The number of carboxylic acids is 1. The number of nitrogens with zero attached hydrogens (tertiary/aromatic N) is 2. The summed E-state index contributed by atoms with van der Waals surface area (Å²) in [4.78, 5) is 31.8. The second-order valence-electron chi connectivity index (χ2n) is 9.41. The van der Waals surface area contributed by atoms with Gasteiger partial charge >= 0.3 is 5.97 Å². The predicted molar refractivity (Wildman–Crippen MR) is 174 cm³/mol. The van der Waals surface area contributed by atoms with Gasteiger partial charge in [-0.05, 0) is 90.0 Å². The molecule has 1 saturated heterocycles. The van der Waals surface area contributed by atoms with Crippen LogP contribution in [0, 0.1) is 0 Å². The van der Waals surface area contributed by atoms with Crippen molar-refractivity contribution >= 4 is 68.1 Å². The van der Waals surface area contributed by atoms with Gasteiger partial charge in [-0.1, -0.05) is 70.0 Å². The summed E-state index contributed by atoms with van der Waals surface area (Å²) in [5, 5.41) is 10.1. The molecule has 0 saturated carbocycles. The van der Waals surface area contributed by atoms with Gasteiger partial charge in [0, 0.05) is 4.47 Å². The van der Waals surface area contributed by atoms with Crippen molar-refractivity contribution in [3.8, 4) is 11.5 Å². The van der Waals surface area contributed by atoms with Gasteiger partial charge in [0.05, 0.1) is 34.3 Å². The maximum atomic E-state index is 13.7. The summed E-state index contributed by atoms with van der Waals surface area (Å²) < 4.78 is 12.9. The third-order valence-corrected chi connectivity index (χ3v) is 8.15. The molecule has 1 heterocycles. The smallest absolute Gasteiger partial charge is 0.335 e. The van der Waals surface area contributed by atoms with Crippen LogP contribution in [0.4, 0.5) is 5.69 Å². The standard InChI is InChI=1S/C33H26BrClN2O5S/c1-2-41-28-17-23(16-27(35)30(28)42-20-22-10-14-25(34)15-11-22)18-29-31(38)37(19-21-8-12-24(13-9-21)32(39)40)33(43-29)36-26-6-4-3-5-7-26/h3-18H,2,19-20H2,1H3,(H,39,40)/b29-18-,36-33?. The number of halogens is 2. The third-order valence-electron chi connectivity index (χ3n) is 6.34. The van der Waals surface area contributed by atoms with E-state index in [1.165, 1.54) is 23.9 Å². The van der Waals surface area contributed by atoms with Gasteiger partial charge in [-0.15, -0.1) is 0 Å². The summed E-state index contributed by atoms with van der Waals surface area (Å²) in [5.41, 5.74) is 3.31. The molecule has 4 aromatic carbocycles. The lowest BCUT2D eigenvalue weighted by molar-refractivity contribution is -0.122. The van der Waals surface area contributed by atoms with E-state index in [9.17, 15) is 14.7 Å². The zero-order valence-electron chi connectivity index (χ0n) is 23.0. The van der Waals surface area contributed by atoms with Crippen LogP contribution >= 0.6 is 39.3 Å². The van der Waals surface area contributed by atoms with E-state index in [4.69, 9.17) is 26.1 Å². The molecule has 10 heteroatoms. The van der Waals surface area contributed by atoms with Crippen LogP contribution in [0.1, 0.15) is 34.0 Å². The molecule has 1 aliphatic rings. The highest BCUT2D eigenvalue weighted by Crippen LogP contribution is 2.40. The predicted octanol–water partition coefficient (Wildman–Crippen LogP) is 8.58. The minimum atomic E-state index is -1.01. The van der Waals surface area contributed by atoms with Gasteiger partial charge in [-0.2, -0.15) is 0 Å². The highest BCUT2D eigenvalue weighted by Gasteiger charge is 2.33. The van der Waals surface area contributed by atoms with Gasteiger partial charge in [0.1, 0.15) is 6.61 Å². The van der Waals surface area contributed by atoms with Gasteiger partial charge < -0.3 is 14.6 Å². The summed E-state index contributed by atoms with van der Waals surface area (Å²) in [6.45, 7) is 2.81. The van der Waals surface area contributed by atoms with Gasteiger partial charge in [0.15, 0.2) is 16.7 Å². The lowest BCUT2D eigenvalue weighted by atomic mass is 10.1. The number of aromatic carboxylic acids is 1. The third kappa shape index (κ3) is 7.67. The number of para-hydroxylation sites is 1. The van der Waals surface area contributed by atoms with Crippen molar-refractivity contribution in [3.05, 3.63) is 128 Å². The number of hydrogen-bond acceptors (Lipinski definition) is 6. The first-order valence-electron chi connectivity index (χ1n) is 13.3. The molecule has 1 N–H and O–H groups in total. The fourth-order valence-corrected chi connectivity index (χ4v) is 5.78. The van der Waals surface area contributed by atoms with Crippen molar-refractivity contribution in [2.24, 2.45) is 4.99 Å². The Kier molecular flexibility index (Phi) is 9.86. The summed E-state index contributed by atoms with van der Waals surface area (Å²) in [6.07, 6.45) is 1.76. The van der Waals surface area contributed by atoms with Crippen molar-refractivity contribution < 1.29 is 24.2 Å². The fourth-order valence-electron chi connectivity index (χ4n) is 4.24. The molecule has 0 aliphatic carbocycles. The normalized spacial score (nSPS) is 14.9. The number of rotatable bonds is 10. The summed E-state index contributed by atoms with van der Waals surface area (Å²) in [5.74, 6) is -0.336. The van der Waals surface area contributed by atoms with E-state index in [0.29, 0.717) is 51.1 Å². The van der Waals surface area contributed by atoms with Crippen LogP contribution in [0.2, 0.25) is 5.02 Å². The number of carbonyl (C=O) groups excluding carboxylic acids is 1. The molecule has 43 heavy (non-hydrogen) atoms. The van der Waals surface area contributed by atoms with E-state index < -0.39 is 5.97 Å². The molecule has 0 bridgehead atoms. The van der Waals surface area contributed by atoms with E-state index in [1.807, 2.05) is 61.5 Å². The SMILES string of the molecule is CCOc1cc(/C=C2\SC(=Nc3ccccc3)N(Cc3ccc(C(=O)O)cc3)C2=O)cc(Cl)c1OCc1ccc(Br)cc1. The van der Waals surface area contributed by atoms with Crippen LogP contribution < -0.4 is 9.47 Å². The molecule has 1 amide bonds. The molecular formula is C33H26BrClN2O5S. The van der Waals surface area contributed by atoms with Crippen molar-refractivity contribution in [2.45, 2.75) is 20.1 Å². The fraction of sp³-hybridized carbons (Fsp3) is 0.121. The highest BCUT2D eigenvalue weighted by atomic mass is 79.9. The minimum absolute atomic E-state index is 0.177. The van der Waals surface area contributed by atoms with Crippen LogP contribution in [-0.2, 0) is 17.9 Å². The van der Waals surface area contributed by atoms with Gasteiger partial charge in [-0.25, -0.2) is 9.79 Å². The molecule has 0 radical (unpaired) electrons. The average molecular weight is 678 g/mol. The maximum absolute atomic E-state index is 13.7. The molecule has 218 valence electrons. The van der Waals surface area contributed by atoms with E-state index >= 15 is 0 Å². The Hall–Kier alpha value is -4.05. The van der Waals surface area contributed by atoms with Crippen molar-refractivity contribution in [3.63, 3.8) is 0 Å². The first kappa shape index (κ1) is 30.4. The highest BCUT2D eigenvalue weighted by molar-refractivity contribution is 9.10. The second kappa shape index (κ2) is 13.9. The molecule has 0 unspecified atom stereocenters. The topological polar surface area (TPSA) is 88.4 Å². The van der Waals surface area contributed by atoms with Crippen molar-refractivity contribution in [1.82, 2.24) is 4.90 Å². The molecule has 7 nitrogen and oxygen atoms in total. The number of amidine groups is 1. The number of ether oxygens (including phenoxy) is 2. The van der Waals surface area contributed by atoms with Gasteiger partial charge in [0.2, 0.25) is 0 Å². The summed E-state index contributed by atoms with van der Waals surface area (Å²) in [6, 6.07) is 27.2. The quantitative estimate of drug-likeness (QED) is 0.169. The molecule has 0 atom stereocenters. The Balaban J connectivity index is 1.44. The zero-order valence-corrected chi connectivity index (χ0v) is 26.2. The summed E-state index contributed by atoms with van der Waals surface area (Å²) >= 11 is 11.4. The number of thioether (sulfide) groups is 1. The second-order valence-corrected chi connectivity index (χ2v) is 11.7. The Bertz CT molecular complexity index is 1690. The number of hydrogen-bond donors (Lipinski definition) is 1. The first-order valence-corrected chi connectivity index (χ1v) is 15.3. The number of benzene rings is 4. The minimum Gasteiger partial charge on any atom is -0.490 e. The van der Waals surface area contributed by atoms with E-state index in [1.54, 1.807) is 35.2 Å². The molecule has 4 aromatic rings. The molecule has 1 aliphatic heterocycles. The Labute approximate surface area is 266 Å². The zero-order chi connectivity index (χ0) is 30.3. The number of carbonyl (C=O) groups is 2. The largest absolute Gasteiger partial charge is 0.490 e. The number of aliphatic imine (C=N–C) groups is 1. The molecule has 5 rings (SSSR count). The molecular weight excluding hydrogens is 652 g/mol. The van der Waals surface area contributed by atoms with Crippen LogP contribution in [0.15, 0.2) is 105 Å². The number of carboxylic acid groups (broad SMARTS) is 1. The van der Waals surface area contributed by atoms with E-state index in [2.05, 4.69) is 15.9 Å². The monoisotopic (exact) mass is 676 g/mol. The lowest BCUT2D eigenvalue weighted by Gasteiger charge is -2.16.